The molecule has 0 unspecified atom stereocenters. The number of hydrogen-bond acceptors (Lipinski definition) is 3. The van der Waals surface area contributed by atoms with Gasteiger partial charge in [0.15, 0.2) is 7.05 Å². The van der Waals surface area contributed by atoms with E-state index in [0.29, 0.717) is 0 Å². The molecule has 0 spiro atoms. The molecular formula is C19H15N4S+. The first-order chi connectivity index (χ1) is 11.7. The Morgan fingerprint density at radius 3 is 2.88 bits per heavy atom. The van der Waals surface area contributed by atoms with Crippen molar-refractivity contribution in [2.45, 2.75) is 6.92 Å². The van der Waals surface area contributed by atoms with E-state index in [1.807, 2.05) is 23.2 Å². The molecule has 2 aromatic carbocycles. The van der Waals surface area contributed by atoms with Crippen molar-refractivity contribution >= 4 is 39.1 Å². The molecule has 0 saturated heterocycles. The first-order valence-corrected chi connectivity index (χ1v) is 8.68. The van der Waals surface area contributed by atoms with Crippen LogP contribution in [0.4, 0.5) is 0 Å². The summed E-state index contributed by atoms with van der Waals surface area (Å²) in [5, 5.41) is 9.33. The molecule has 3 heterocycles. The van der Waals surface area contributed by atoms with Crippen molar-refractivity contribution in [2.75, 3.05) is 0 Å². The lowest BCUT2D eigenvalue weighted by molar-refractivity contribution is -0.718. The van der Waals surface area contributed by atoms with Crippen molar-refractivity contribution < 1.29 is 4.68 Å². The van der Waals surface area contributed by atoms with Crippen LogP contribution in [0.15, 0.2) is 53.9 Å². The number of aromatic nitrogens is 4. The van der Waals surface area contributed by atoms with Gasteiger partial charge in [-0.25, -0.2) is 8.77 Å². The van der Waals surface area contributed by atoms with E-state index in [0.717, 1.165) is 22.5 Å². The van der Waals surface area contributed by atoms with E-state index >= 15 is 0 Å². The van der Waals surface area contributed by atoms with Crippen LogP contribution in [0.2, 0.25) is 0 Å². The van der Waals surface area contributed by atoms with Crippen LogP contribution in [-0.2, 0) is 7.05 Å². The van der Waals surface area contributed by atoms with Crippen LogP contribution in [-0.4, -0.2) is 13.9 Å². The van der Waals surface area contributed by atoms with Crippen molar-refractivity contribution in [1.82, 2.24) is 13.9 Å². The molecule has 5 rings (SSSR count). The van der Waals surface area contributed by atoms with Crippen LogP contribution in [0.25, 0.3) is 38.8 Å². The zero-order valence-corrected chi connectivity index (χ0v) is 14.2. The van der Waals surface area contributed by atoms with E-state index in [2.05, 4.69) is 53.2 Å². The summed E-state index contributed by atoms with van der Waals surface area (Å²) in [6, 6.07) is 17.0. The van der Waals surface area contributed by atoms with Gasteiger partial charge >= 0.3 is 0 Å². The zero-order chi connectivity index (χ0) is 16.3. The van der Waals surface area contributed by atoms with Crippen molar-refractivity contribution in [3.8, 4) is 11.3 Å². The molecule has 5 heteroatoms. The zero-order valence-electron chi connectivity index (χ0n) is 13.4. The van der Waals surface area contributed by atoms with Gasteiger partial charge in [-0.15, -0.1) is 0 Å². The van der Waals surface area contributed by atoms with Gasteiger partial charge in [-0.05, 0) is 35.4 Å². The fourth-order valence-electron chi connectivity index (χ4n) is 3.36. The minimum atomic E-state index is 0.907. The Bertz CT molecular complexity index is 1230. The maximum absolute atomic E-state index is 4.76. The maximum atomic E-state index is 4.76. The molecule has 0 radical (unpaired) electrons. The molecule has 0 atom stereocenters. The van der Waals surface area contributed by atoms with Gasteiger partial charge in [0, 0.05) is 16.5 Å². The largest absolute Gasteiger partial charge is 0.241 e. The Hall–Kier alpha value is -2.79. The molecule has 116 valence electrons. The number of aryl methyl sites for hydroxylation is 2. The Balaban J connectivity index is 1.82. The standard InChI is InChI=1S/C19H15N4S/c1-12-14-6-4-3-5-13(14)7-8-15(12)17-11-16-19(21-22(17)2)23-18(20-16)9-10-24-23/h3-11H,1-2H3/q+1. The summed E-state index contributed by atoms with van der Waals surface area (Å²) >= 11 is 1.62. The molecule has 3 aromatic heterocycles. The van der Waals surface area contributed by atoms with Crippen molar-refractivity contribution in [1.29, 1.82) is 0 Å². The molecule has 0 N–H and O–H groups in total. The smallest absolute Gasteiger partial charge is 0.225 e. The maximum Gasteiger partial charge on any atom is 0.241 e. The third-order valence-corrected chi connectivity index (χ3v) is 5.42. The number of fused-ring (bicyclic) bond motifs is 4. The van der Waals surface area contributed by atoms with Gasteiger partial charge in [0.25, 0.3) is 0 Å². The summed E-state index contributed by atoms with van der Waals surface area (Å²) in [6.45, 7) is 2.17. The van der Waals surface area contributed by atoms with Crippen LogP contribution >= 0.6 is 11.5 Å². The Morgan fingerprint density at radius 1 is 1.08 bits per heavy atom. The van der Waals surface area contributed by atoms with Gasteiger partial charge in [-0.1, -0.05) is 46.5 Å². The van der Waals surface area contributed by atoms with Gasteiger partial charge in [0.05, 0.1) is 5.56 Å². The van der Waals surface area contributed by atoms with E-state index in [1.54, 1.807) is 11.5 Å². The highest BCUT2D eigenvalue weighted by Crippen LogP contribution is 2.29. The van der Waals surface area contributed by atoms with Crippen LogP contribution in [0.5, 0.6) is 0 Å². The highest BCUT2D eigenvalue weighted by atomic mass is 32.1. The second kappa shape index (κ2) is 4.85. The molecule has 24 heavy (non-hydrogen) atoms. The van der Waals surface area contributed by atoms with Crippen LogP contribution < -0.4 is 4.68 Å². The van der Waals surface area contributed by atoms with Gasteiger partial charge in [-0.2, -0.15) is 0 Å². The Labute approximate surface area is 142 Å². The molecule has 0 amide bonds. The normalized spacial score (nSPS) is 11.8. The van der Waals surface area contributed by atoms with Crippen LogP contribution in [0.1, 0.15) is 5.56 Å². The minimum absolute atomic E-state index is 0.907. The molecule has 0 bridgehead atoms. The highest BCUT2D eigenvalue weighted by molar-refractivity contribution is 7.04. The lowest BCUT2D eigenvalue weighted by atomic mass is 9.98. The van der Waals surface area contributed by atoms with Crippen LogP contribution in [0.3, 0.4) is 0 Å². The van der Waals surface area contributed by atoms with Crippen molar-refractivity contribution in [3.05, 3.63) is 59.5 Å². The molecule has 0 aliphatic carbocycles. The molecule has 4 nitrogen and oxygen atoms in total. The summed E-state index contributed by atoms with van der Waals surface area (Å²) in [5.41, 5.74) is 6.34. The van der Waals surface area contributed by atoms with E-state index in [1.165, 1.54) is 21.9 Å². The Morgan fingerprint density at radius 2 is 1.96 bits per heavy atom. The summed E-state index contributed by atoms with van der Waals surface area (Å²) < 4.78 is 4.01. The average Bonchev–Trinajstić information content (AvgIpc) is 3.17. The summed E-state index contributed by atoms with van der Waals surface area (Å²) in [7, 11) is 2.00. The highest BCUT2D eigenvalue weighted by Gasteiger charge is 2.20. The van der Waals surface area contributed by atoms with E-state index in [-0.39, 0.29) is 0 Å². The predicted octanol–water partition coefficient (Wildman–Crippen LogP) is 3.90. The molecule has 5 aromatic rings. The first-order valence-electron chi connectivity index (χ1n) is 7.84. The molecule has 0 aliphatic heterocycles. The average molecular weight is 331 g/mol. The number of nitrogens with zero attached hydrogens (tertiary/aromatic N) is 4. The Kier molecular flexibility index (Phi) is 2.76. The van der Waals surface area contributed by atoms with Gasteiger partial charge < -0.3 is 0 Å². The van der Waals surface area contributed by atoms with E-state index < -0.39 is 0 Å². The summed E-state index contributed by atoms with van der Waals surface area (Å²) in [4.78, 5) is 4.69. The lowest BCUT2D eigenvalue weighted by Gasteiger charge is -2.07. The molecule has 0 saturated carbocycles. The second-order valence-corrected chi connectivity index (χ2v) is 6.84. The third-order valence-electron chi connectivity index (χ3n) is 4.59. The SMILES string of the molecule is Cc1c(-c2cc3nc4ccsn4c3n[n+]2C)ccc2ccccc12. The number of hydrogen-bond donors (Lipinski definition) is 0. The number of imidazole rings is 1. The van der Waals surface area contributed by atoms with E-state index in [9.17, 15) is 0 Å². The van der Waals surface area contributed by atoms with E-state index in [4.69, 9.17) is 10.1 Å². The van der Waals surface area contributed by atoms with Crippen LogP contribution in [0, 0.1) is 6.92 Å². The number of rotatable bonds is 1. The second-order valence-electron chi connectivity index (χ2n) is 5.99. The van der Waals surface area contributed by atoms with Gasteiger partial charge in [0.1, 0.15) is 11.2 Å². The molecule has 0 fully saturated rings. The lowest BCUT2D eigenvalue weighted by Crippen LogP contribution is -2.35. The monoisotopic (exact) mass is 331 g/mol. The summed E-state index contributed by atoms with van der Waals surface area (Å²) in [6.07, 6.45) is 0. The summed E-state index contributed by atoms with van der Waals surface area (Å²) in [5.74, 6) is 0. The first kappa shape index (κ1) is 13.6. The van der Waals surface area contributed by atoms with Crippen molar-refractivity contribution in [2.24, 2.45) is 7.05 Å². The minimum Gasteiger partial charge on any atom is -0.225 e. The molecular weight excluding hydrogens is 316 g/mol. The van der Waals surface area contributed by atoms with Gasteiger partial charge in [0.2, 0.25) is 11.3 Å². The third kappa shape index (κ3) is 1.82. The quantitative estimate of drug-likeness (QED) is 0.437. The fourth-order valence-corrected chi connectivity index (χ4v) is 4.10. The molecule has 0 aliphatic rings. The predicted molar refractivity (Wildman–Crippen MR) is 97.2 cm³/mol. The number of benzene rings is 2. The van der Waals surface area contributed by atoms with Crippen molar-refractivity contribution in [3.63, 3.8) is 0 Å². The topological polar surface area (TPSA) is 34.1 Å². The fraction of sp³-hybridized carbons (Fsp3) is 0.105. The van der Waals surface area contributed by atoms with Gasteiger partial charge in [-0.3, -0.25) is 0 Å².